The van der Waals surface area contributed by atoms with Gasteiger partial charge in [0.25, 0.3) is 0 Å². The molecule has 0 bridgehead atoms. The molecule has 3 aromatic heterocycles. The van der Waals surface area contributed by atoms with Crippen molar-refractivity contribution >= 4 is 28.4 Å². The van der Waals surface area contributed by atoms with E-state index in [1.165, 1.54) is 6.07 Å². The van der Waals surface area contributed by atoms with E-state index in [0.717, 1.165) is 32.5 Å². The van der Waals surface area contributed by atoms with Crippen LogP contribution in [0.1, 0.15) is 39.2 Å². The zero-order valence-corrected chi connectivity index (χ0v) is 24.8. The minimum atomic E-state index is -4.50. The van der Waals surface area contributed by atoms with Crippen molar-refractivity contribution < 1.29 is 13.2 Å². The van der Waals surface area contributed by atoms with Crippen molar-refractivity contribution in [3.05, 3.63) is 42.1 Å². The average Bonchev–Trinajstić information content (AvgIpc) is 3.41. The minimum Gasteiger partial charge on any atom is -0.371 e. The Hall–Kier alpha value is -3.51. The van der Waals surface area contributed by atoms with Gasteiger partial charge in [0.05, 0.1) is 17.5 Å². The summed E-state index contributed by atoms with van der Waals surface area (Å²) in [5.41, 5.74) is 2.13. The molecule has 4 aromatic rings. The van der Waals surface area contributed by atoms with Crippen LogP contribution in [0, 0.1) is 0 Å². The van der Waals surface area contributed by atoms with E-state index in [0.29, 0.717) is 65.2 Å². The molecular weight excluding hydrogens is 543 g/mol. The van der Waals surface area contributed by atoms with Gasteiger partial charge in [-0.15, -0.1) is 10.2 Å². The number of hydrogen-bond donors (Lipinski definition) is 0. The molecule has 0 radical (unpaired) electrons. The Morgan fingerprint density at radius 2 is 1.67 bits per heavy atom. The molecule has 2 fully saturated rings. The molecule has 1 unspecified atom stereocenters. The van der Waals surface area contributed by atoms with Crippen LogP contribution in [-0.4, -0.2) is 99.3 Å². The zero-order chi connectivity index (χ0) is 29.8. The van der Waals surface area contributed by atoms with E-state index in [1.807, 2.05) is 23.4 Å². The van der Waals surface area contributed by atoms with Gasteiger partial charge < -0.3 is 14.7 Å². The molecule has 5 heterocycles. The molecule has 0 aliphatic carbocycles. The first-order chi connectivity index (χ1) is 20.0. The summed E-state index contributed by atoms with van der Waals surface area (Å²) in [6.07, 6.45) is -1.18. The lowest BCUT2D eigenvalue weighted by atomic mass is 10.00. The fourth-order valence-corrected chi connectivity index (χ4v) is 6.74. The van der Waals surface area contributed by atoms with Gasteiger partial charge in [-0.1, -0.05) is 13.0 Å². The Morgan fingerprint density at radius 1 is 0.952 bits per heavy atom. The fraction of sp³-hybridized carbons (Fsp3) is 0.533. The summed E-state index contributed by atoms with van der Waals surface area (Å²) >= 11 is 0. The van der Waals surface area contributed by atoms with Crippen LogP contribution >= 0.6 is 0 Å². The van der Waals surface area contributed by atoms with Crippen LogP contribution in [0.5, 0.6) is 0 Å². The number of alkyl halides is 3. The molecule has 224 valence electrons. The van der Waals surface area contributed by atoms with Crippen LogP contribution in [0.15, 0.2) is 36.5 Å². The van der Waals surface area contributed by atoms with Crippen molar-refractivity contribution in [2.45, 2.75) is 57.9 Å². The van der Waals surface area contributed by atoms with Gasteiger partial charge in [0.2, 0.25) is 5.95 Å². The molecule has 0 saturated carbocycles. The van der Waals surface area contributed by atoms with E-state index in [-0.39, 0.29) is 5.69 Å². The molecule has 9 nitrogen and oxygen atoms in total. The number of piperazine rings is 1. The standard InChI is InChI=1S/C30H38F3N9/c1-6-41-19(2)17-40(18-20(41)3)29-37-36-27-16-34-25-9-8-24(35-28(25)42(27)29)21-7-10-26(23(15-21)30(31,32)33)39-13-11-22(12-14-39)38(4)5/h7-10,15-16,19-20,22H,6,11-14,17-18H2,1-5H3/t19-,20?/m0/s1. The molecule has 1 aromatic carbocycles. The summed E-state index contributed by atoms with van der Waals surface area (Å²) in [7, 11) is 4.04. The Bertz CT molecular complexity index is 1560. The summed E-state index contributed by atoms with van der Waals surface area (Å²) in [5.74, 6) is 0.670. The van der Waals surface area contributed by atoms with E-state index in [2.05, 4.69) is 50.7 Å². The second-order valence-electron chi connectivity index (χ2n) is 11.8. The SMILES string of the molecule is CCN1C(C)CN(c2nnc3cnc4ccc(-c5ccc(N6CCC(N(C)C)CC6)c(C(F)(F)F)c5)nc4n23)C[C@@H]1C. The number of aromatic nitrogens is 5. The largest absolute Gasteiger partial charge is 0.418 e. The third kappa shape index (κ3) is 5.15. The molecule has 0 spiro atoms. The van der Waals surface area contributed by atoms with Crippen LogP contribution in [-0.2, 0) is 6.18 Å². The van der Waals surface area contributed by atoms with Crippen LogP contribution < -0.4 is 9.80 Å². The zero-order valence-electron chi connectivity index (χ0n) is 24.8. The highest BCUT2D eigenvalue weighted by atomic mass is 19.4. The fourth-order valence-electron chi connectivity index (χ4n) is 6.74. The van der Waals surface area contributed by atoms with Crippen LogP contribution in [0.2, 0.25) is 0 Å². The maximum atomic E-state index is 14.4. The van der Waals surface area contributed by atoms with Crippen molar-refractivity contribution in [3.63, 3.8) is 0 Å². The van der Waals surface area contributed by atoms with Crippen LogP contribution in [0.25, 0.3) is 28.1 Å². The van der Waals surface area contributed by atoms with Gasteiger partial charge in [0, 0.05) is 55.6 Å². The van der Waals surface area contributed by atoms with E-state index >= 15 is 0 Å². The molecule has 2 aliphatic rings. The van der Waals surface area contributed by atoms with E-state index in [1.54, 1.807) is 30.5 Å². The number of benzene rings is 1. The molecule has 6 rings (SSSR count). The number of halogens is 3. The molecule has 42 heavy (non-hydrogen) atoms. The van der Waals surface area contributed by atoms with Gasteiger partial charge in [-0.05, 0) is 71.6 Å². The highest BCUT2D eigenvalue weighted by Crippen LogP contribution is 2.40. The molecule has 2 aliphatic heterocycles. The molecule has 0 N–H and O–H groups in total. The maximum absolute atomic E-state index is 14.4. The van der Waals surface area contributed by atoms with Gasteiger partial charge in [-0.3, -0.25) is 4.90 Å². The second kappa shape index (κ2) is 11.0. The quantitative estimate of drug-likeness (QED) is 0.333. The lowest BCUT2D eigenvalue weighted by Crippen LogP contribution is -2.57. The molecule has 12 heteroatoms. The summed E-state index contributed by atoms with van der Waals surface area (Å²) in [4.78, 5) is 18.0. The van der Waals surface area contributed by atoms with Crippen molar-refractivity contribution in [1.29, 1.82) is 0 Å². The third-order valence-corrected chi connectivity index (χ3v) is 8.94. The van der Waals surface area contributed by atoms with Gasteiger partial charge in [-0.2, -0.15) is 13.2 Å². The summed E-state index contributed by atoms with van der Waals surface area (Å²) < 4.78 is 45.1. The summed E-state index contributed by atoms with van der Waals surface area (Å²) in [6.45, 7) is 10.3. The number of hydrogen-bond acceptors (Lipinski definition) is 8. The summed E-state index contributed by atoms with van der Waals surface area (Å²) in [6, 6.07) is 9.14. The van der Waals surface area contributed by atoms with Crippen molar-refractivity contribution in [2.24, 2.45) is 0 Å². The van der Waals surface area contributed by atoms with Gasteiger partial charge in [-0.25, -0.2) is 14.4 Å². The van der Waals surface area contributed by atoms with E-state index in [9.17, 15) is 13.2 Å². The Balaban J connectivity index is 1.39. The van der Waals surface area contributed by atoms with Gasteiger partial charge >= 0.3 is 6.18 Å². The van der Waals surface area contributed by atoms with Crippen molar-refractivity contribution in [1.82, 2.24) is 34.4 Å². The predicted molar refractivity (Wildman–Crippen MR) is 159 cm³/mol. The van der Waals surface area contributed by atoms with E-state index in [4.69, 9.17) is 4.98 Å². The number of rotatable bonds is 5. The average molecular weight is 582 g/mol. The number of piperidine rings is 1. The minimum absolute atomic E-state index is 0.226. The third-order valence-electron chi connectivity index (χ3n) is 8.94. The number of anilines is 2. The lowest BCUT2D eigenvalue weighted by molar-refractivity contribution is -0.137. The predicted octanol–water partition coefficient (Wildman–Crippen LogP) is 4.81. The van der Waals surface area contributed by atoms with E-state index < -0.39 is 11.7 Å². The number of fused-ring (bicyclic) bond motifs is 3. The normalized spacial score (nSPS) is 21.3. The molecular formula is C30H38F3N9. The van der Waals surface area contributed by atoms with Crippen LogP contribution in [0.3, 0.4) is 0 Å². The first kappa shape index (κ1) is 28.6. The highest BCUT2D eigenvalue weighted by molar-refractivity contribution is 5.79. The Labute approximate surface area is 243 Å². The molecule has 2 atom stereocenters. The monoisotopic (exact) mass is 581 g/mol. The lowest BCUT2D eigenvalue weighted by Gasteiger charge is -2.44. The number of likely N-dealkylation sites (N-methyl/N-ethyl adjacent to an activating group) is 1. The van der Waals surface area contributed by atoms with Crippen molar-refractivity contribution in [3.8, 4) is 11.3 Å². The first-order valence-electron chi connectivity index (χ1n) is 14.7. The topological polar surface area (TPSA) is 68.9 Å². The molecule has 2 saturated heterocycles. The number of pyridine rings is 1. The summed E-state index contributed by atoms with van der Waals surface area (Å²) in [5, 5.41) is 8.86. The Kier molecular flexibility index (Phi) is 7.46. The maximum Gasteiger partial charge on any atom is 0.418 e. The van der Waals surface area contributed by atoms with Gasteiger partial charge in [0.15, 0.2) is 11.3 Å². The second-order valence-corrected chi connectivity index (χ2v) is 11.8. The highest BCUT2D eigenvalue weighted by Gasteiger charge is 2.36. The van der Waals surface area contributed by atoms with Gasteiger partial charge in [0.1, 0.15) is 5.52 Å². The van der Waals surface area contributed by atoms with Crippen molar-refractivity contribution in [2.75, 3.05) is 56.6 Å². The smallest absolute Gasteiger partial charge is 0.371 e. The van der Waals surface area contributed by atoms with Crippen LogP contribution in [0.4, 0.5) is 24.8 Å². The Morgan fingerprint density at radius 3 is 2.31 bits per heavy atom. The number of nitrogens with zero attached hydrogens (tertiary/aromatic N) is 9. The molecule has 0 amide bonds. The first-order valence-corrected chi connectivity index (χ1v) is 14.7.